The van der Waals surface area contributed by atoms with Crippen LogP contribution in [-0.2, 0) is 4.79 Å². The summed E-state index contributed by atoms with van der Waals surface area (Å²) >= 11 is 0. The molecule has 0 aliphatic carbocycles. The molecule has 0 saturated carbocycles. The van der Waals surface area contributed by atoms with E-state index in [1.165, 1.54) is 6.08 Å². The molecule has 1 aromatic heterocycles. The van der Waals surface area contributed by atoms with Crippen molar-refractivity contribution in [1.82, 2.24) is 4.98 Å². The maximum absolute atomic E-state index is 12.4. The van der Waals surface area contributed by atoms with Crippen LogP contribution >= 0.6 is 0 Å². The number of pyridine rings is 1. The van der Waals surface area contributed by atoms with Gasteiger partial charge in [0.05, 0.1) is 11.7 Å². The molecule has 1 amide bonds. The van der Waals surface area contributed by atoms with E-state index < -0.39 is 6.04 Å². The minimum absolute atomic E-state index is 0.234. The maximum Gasteiger partial charge on any atom is 0.255 e. The molecule has 2 aromatic carbocycles. The Bertz CT molecular complexity index is 1040. The Balaban J connectivity index is 1.65. The number of anilines is 3. The van der Waals surface area contributed by atoms with Crippen molar-refractivity contribution < 1.29 is 9.59 Å². The maximum atomic E-state index is 12.4. The molecule has 0 aliphatic heterocycles. The van der Waals surface area contributed by atoms with E-state index in [0.717, 1.165) is 5.56 Å². The lowest BCUT2D eigenvalue weighted by Crippen LogP contribution is -2.20. The van der Waals surface area contributed by atoms with Crippen molar-refractivity contribution in [1.29, 1.82) is 0 Å². The highest BCUT2D eigenvalue weighted by atomic mass is 16.1. The van der Waals surface area contributed by atoms with Crippen LogP contribution in [0.15, 0.2) is 72.9 Å². The molecule has 7 N–H and O–H groups in total. The van der Waals surface area contributed by atoms with E-state index in [-0.39, 0.29) is 17.5 Å². The first-order valence-electron chi connectivity index (χ1n) is 8.89. The molecule has 7 nitrogen and oxygen atoms in total. The number of nitrogens with one attached hydrogen (secondary N) is 1. The number of ketones is 1. The Morgan fingerprint density at radius 1 is 0.966 bits per heavy atom. The van der Waals surface area contributed by atoms with E-state index in [4.69, 9.17) is 17.2 Å². The van der Waals surface area contributed by atoms with Crippen LogP contribution in [0.5, 0.6) is 0 Å². The second kappa shape index (κ2) is 8.81. The highest BCUT2D eigenvalue weighted by Crippen LogP contribution is 2.18. The smallest absolute Gasteiger partial charge is 0.255 e. The summed E-state index contributed by atoms with van der Waals surface area (Å²) in [5.41, 5.74) is 20.4. The summed E-state index contributed by atoms with van der Waals surface area (Å²) in [4.78, 5) is 28.6. The topological polar surface area (TPSA) is 137 Å². The van der Waals surface area contributed by atoms with Crippen LogP contribution in [0.25, 0.3) is 6.08 Å². The highest BCUT2D eigenvalue weighted by Gasteiger charge is 2.14. The Hall–Kier alpha value is -3.97. The number of nitrogens with two attached hydrogens (primary N) is 3. The van der Waals surface area contributed by atoms with Gasteiger partial charge in [-0.15, -0.1) is 0 Å². The van der Waals surface area contributed by atoms with Crippen molar-refractivity contribution in [2.45, 2.75) is 6.04 Å². The zero-order valence-corrected chi connectivity index (χ0v) is 15.6. The van der Waals surface area contributed by atoms with Gasteiger partial charge in [0.2, 0.25) is 0 Å². The summed E-state index contributed by atoms with van der Waals surface area (Å²) in [6.45, 7) is 0. The third-order valence-corrected chi connectivity index (χ3v) is 4.30. The molecule has 0 aliphatic rings. The van der Waals surface area contributed by atoms with Crippen molar-refractivity contribution in [3.05, 3.63) is 89.6 Å². The van der Waals surface area contributed by atoms with Gasteiger partial charge in [0.15, 0.2) is 5.78 Å². The lowest BCUT2D eigenvalue weighted by molar-refractivity contribution is -0.115. The largest absolute Gasteiger partial charge is 0.399 e. The summed E-state index contributed by atoms with van der Waals surface area (Å²) < 4.78 is 0. The zero-order chi connectivity index (χ0) is 20.8. The Labute approximate surface area is 168 Å². The standard InChI is InChI=1S/C22H21N5O2/c23-17-10-3-14(4-11-17)5-12-19(28)20(24)15-6-8-16(9-7-15)22(29)27-18-2-1-13-26-21(18)25/h1-13,20H,23-24H2,(H2,25,26)(H,27,29)/b12-5+. The van der Waals surface area contributed by atoms with Gasteiger partial charge in [0.1, 0.15) is 5.82 Å². The van der Waals surface area contributed by atoms with Gasteiger partial charge in [-0.1, -0.05) is 30.3 Å². The van der Waals surface area contributed by atoms with Crippen LogP contribution < -0.4 is 22.5 Å². The summed E-state index contributed by atoms with van der Waals surface area (Å²) in [5, 5.41) is 2.70. The normalized spacial score (nSPS) is 11.9. The van der Waals surface area contributed by atoms with E-state index in [2.05, 4.69) is 10.3 Å². The van der Waals surface area contributed by atoms with Gasteiger partial charge in [-0.25, -0.2) is 4.98 Å². The zero-order valence-electron chi connectivity index (χ0n) is 15.6. The van der Waals surface area contributed by atoms with Crippen molar-refractivity contribution in [3.63, 3.8) is 0 Å². The van der Waals surface area contributed by atoms with Gasteiger partial charge in [-0.05, 0) is 53.6 Å². The first kappa shape index (κ1) is 19.8. The Morgan fingerprint density at radius 2 is 1.66 bits per heavy atom. The predicted octanol–water partition coefficient (Wildman–Crippen LogP) is 2.78. The quantitative estimate of drug-likeness (QED) is 0.379. The van der Waals surface area contributed by atoms with Gasteiger partial charge < -0.3 is 22.5 Å². The summed E-state index contributed by atoms with van der Waals surface area (Å²) in [6, 6.07) is 16.2. The lowest BCUT2D eigenvalue weighted by atomic mass is 10.0. The molecule has 3 aromatic rings. The molecule has 1 heterocycles. The molecular formula is C22H21N5O2. The molecular weight excluding hydrogens is 366 g/mol. The van der Waals surface area contributed by atoms with Gasteiger partial charge in [0.25, 0.3) is 5.91 Å². The summed E-state index contributed by atoms with van der Waals surface area (Å²) in [7, 11) is 0. The van der Waals surface area contributed by atoms with Gasteiger partial charge in [-0.3, -0.25) is 9.59 Å². The number of hydrogen-bond acceptors (Lipinski definition) is 6. The van der Waals surface area contributed by atoms with Crippen LogP contribution in [0.4, 0.5) is 17.2 Å². The van der Waals surface area contributed by atoms with Crippen molar-refractivity contribution in [2.75, 3.05) is 16.8 Å². The van der Waals surface area contributed by atoms with Crippen molar-refractivity contribution in [2.24, 2.45) is 5.73 Å². The third kappa shape index (κ3) is 5.06. The number of nitrogen functional groups attached to an aromatic ring is 2. The molecule has 1 unspecified atom stereocenters. The van der Waals surface area contributed by atoms with E-state index in [9.17, 15) is 9.59 Å². The first-order chi connectivity index (χ1) is 13.9. The molecule has 0 fully saturated rings. The highest BCUT2D eigenvalue weighted by molar-refractivity contribution is 6.05. The number of aromatic nitrogens is 1. The average Bonchev–Trinajstić information content (AvgIpc) is 2.74. The van der Waals surface area contributed by atoms with Gasteiger partial charge >= 0.3 is 0 Å². The van der Waals surface area contributed by atoms with E-state index in [1.807, 2.05) is 12.1 Å². The van der Waals surface area contributed by atoms with E-state index >= 15 is 0 Å². The first-order valence-corrected chi connectivity index (χ1v) is 8.89. The molecule has 1 atom stereocenters. The fourth-order valence-electron chi connectivity index (χ4n) is 2.61. The third-order valence-electron chi connectivity index (χ3n) is 4.30. The molecule has 0 bridgehead atoms. The molecule has 0 radical (unpaired) electrons. The van der Waals surface area contributed by atoms with Crippen LogP contribution in [0.1, 0.15) is 27.5 Å². The number of hydrogen-bond donors (Lipinski definition) is 4. The predicted molar refractivity (Wildman–Crippen MR) is 115 cm³/mol. The molecule has 0 spiro atoms. The van der Waals surface area contributed by atoms with Crippen LogP contribution in [-0.4, -0.2) is 16.7 Å². The molecule has 7 heteroatoms. The van der Waals surface area contributed by atoms with E-state index in [0.29, 0.717) is 22.5 Å². The number of amides is 1. The van der Waals surface area contributed by atoms with Crippen molar-refractivity contribution in [3.8, 4) is 0 Å². The Kier molecular flexibility index (Phi) is 6.01. The fourth-order valence-corrected chi connectivity index (χ4v) is 2.61. The molecule has 0 saturated heterocycles. The summed E-state index contributed by atoms with van der Waals surface area (Å²) in [6.07, 6.45) is 4.66. The number of benzene rings is 2. The van der Waals surface area contributed by atoms with Gasteiger partial charge in [0, 0.05) is 17.4 Å². The van der Waals surface area contributed by atoms with Crippen LogP contribution in [0, 0.1) is 0 Å². The number of rotatable bonds is 6. The van der Waals surface area contributed by atoms with Crippen molar-refractivity contribution >= 4 is 35.0 Å². The number of carbonyl (C=O) groups excluding carboxylic acids is 2. The SMILES string of the molecule is Nc1ccc(/C=C/C(=O)C(N)c2ccc(C(=O)Nc3cccnc3N)cc2)cc1. The fraction of sp³-hybridized carbons (Fsp3) is 0.0455. The van der Waals surface area contributed by atoms with Crippen LogP contribution in [0.2, 0.25) is 0 Å². The lowest BCUT2D eigenvalue weighted by Gasteiger charge is -2.10. The minimum atomic E-state index is -0.828. The molecule has 29 heavy (non-hydrogen) atoms. The number of carbonyl (C=O) groups is 2. The minimum Gasteiger partial charge on any atom is -0.399 e. The van der Waals surface area contributed by atoms with Crippen LogP contribution in [0.3, 0.4) is 0 Å². The van der Waals surface area contributed by atoms with Gasteiger partial charge in [-0.2, -0.15) is 0 Å². The molecule has 146 valence electrons. The monoisotopic (exact) mass is 387 g/mol. The Morgan fingerprint density at radius 3 is 2.31 bits per heavy atom. The second-order valence-corrected chi connectivity index (χ2v) is 6.39. The number of nitrogens with zero attached hydrogens (tertiary/aromatic N) is 1. The average molecular weight is 387 g/mol. The summed E-state index contributed by atoms with van der Waals surface area (Å²) in [5.74, 6) is -0.348. The second-order valence-electron chi connectivity index (χ2n) is 6.39. The van der Waals surface area contributed by atoms with E-state index in [1.54, 1.807) is 60.8 Å². The molecule has 3 rings (SSSR count).